The lowest BCUT2D eigenvalue weighted by Crippen LogP contribution is -2.53. The van der Waals surface area contributed by atoms with Crippen molar-refractivity contribution in [2.24, 2.45) is 0 Å². The molecular formula is C22H27N3O6S. The number of carbonyl (C=O) groups is 2. The quantitative estimate of drug-likeness (QED) is 0.599. The van der Waals surface area contributed by atoms with Gasteiger partial charge in [0.2, 0.25) is 10.0 Å². The highest BCUT2D eigenvalue weighted by molar-refractivity contribution is 7.89. The average molecular weight is 462 g/mol. The topological polar surface area (TPSA) is 114 Å². The number of nitrogens with zero attached hydrogens (tertiary/aromatic N) is 1. The summed E-state index contributed by atoms with van der Waals surface area (Å²) in [6, 6.07) is 13.7. The van der Waals surface area contributed by atoms with Gasteiger partial charge in [0.15, 0.2) is 0 Å². The number of aryl methyl sites for hydroxylation is 1. The smallest absolute Gasteiger partial charge is 0.309 e. The number of nitrogens with one attached hydrogen (secondary N) is 2. The van der Waals surface area contributed by atoms with Gasteiger partial charge in [-0.1, -0.05) is 35.9 Å². The molecule has 1 heterocycles. The van der Waals surface area contributed by atoms with Gasteiger partial charge in [0.25, 0.3) is 0 Å². The van der Waals surface area contributed by atoms with Crippen LogP contribution in [0.25, 0.3) is 0 Å². The van der Waals surface area contributed by atoms with Crippen molar-refractivity contribution in [2.45, 2.75) is 31.0 Å². The summed E-state index contributed by atoms with van der Waals surface area (Å²) in [7, 11) is -2.29. The standard InChI is InChI=1S/C22H27N3O6S/c1-16-8-10-18(11-9-16)32(28,29)25-12-5-13-31-20(25)15-24-22(27)21(26)23-14-17-6-3-4-7-19(17)30-2/h3-4,6-11,20H,5,12-15H2,1-2H3,(H,23,26)(H,24,27)/t20-/m1/s1. The van der Waals surface area contributed by atoms with E-state index in [1.807, 2.05) is 6.92 Å². The van der Waals surface area contributed by atoms with E-state index >= 15 is 0 Å². The summed E-state index contributed by atoms with van der Waals surface area (Å²) >= 11 is 0. The molecular weight excluding hydrogens is 434 g/mol. The number of hydrogen-bond donors (Lipinski definition) is 2. The molecule has 0 saturated carbocycles. The first-order valence-electron chi connectivity index (χ1n) is 10.2. The predicted molar refractivity (Wildman–Crippen MR) is 117 cm³/mol. The molecule has 2 aromatic carbocycles. The first-order valence-corrected chi connectivity index (χ1v) is 11.6. The molecule has 0 bridgehead atoms. The molecule has 10 heteroatoms. The SMILES string of the molecule is COc1ccccc1CNC(=O)C(=O)NC[C@H]1OCCCN1S(=O)(=O)c1ccc(C)cc1. The molecule has 0 aromatic heterocycles. The van der Waals surface area contributed by atoms with Crippen molar-refractivity contribution in [3.63, 3.8) is 0 Å². The van der Waals surface area contributed by atoms with Crippen LogP contribution in [0.3, 0.4) is 0 Å². The summed E-state index contributed by atoms with van der Waals surface area (Å²) in [5.74, 6) is -1.11. The van der Waals surface area contributed by atoms with Crippen LogP contribution in [-0.4, -0.2) is 57.6 Å². The van der Waals surface area contributed by atoms with E-state index in [1.165, 1.54) is 11.4 Å². The minimum atomic E-state index is -3.81. The van der Waals surface area contributed by atoms with Gasteiger partial charge in [-0.15, -0.1) is 0 Å². The fourth-order valence-electron chi connectivity index (χ4n) is 3.31. The monoisotopic (exact) mass is 461 g/mol. The second-order valence-electron chi connectivity index (χ2n) is 7.31. The highest BCUT2D eigenvalue weighted by atomic mass is 32.2. The van der Waals surface area contributed by atoms with Crippen LogP contribution >= 0.6 is 0 Å². The maximum Gasteiger partial charge on any atom is 0.309 e. The first kappa shape index (κ1) is 23.7. The molecule has 0 aliphatic carbocycles. The normalized spacial score (nSPS) is 16.9. The predicted octanol–water partition coefficient (Wildman–Crippen LogP) is 1.17. The van der Waals surface area contributed by atoms with Crippen molar-refractivity contribution in [3.05, 3.63) is 59.7 Å². The zero-order valence-electron chi connectivity index (χ0n) is 18.0. The molecule has 0 radical (unpaired) electrons. The molecule has 0 spiro atoms. The molecule has 1 saturated heterocycles. The van der Waals surface area contributed by atoms with E-state index < -0.39 is 28.1 Å². The molecule has 2 amide bonds. The average Bonchev–Trinajstić information content (AvgIpc) is 2.81. The molecule has 172 valence electrons. The van der Waals surface area contributed by atoms with Crippen molar-refractivity contribution < 1.29 is 27.5 Å². The van der Waals surface area contributed by atoms with Gasteiger partial charge in [-0.25, -0.2) is 8.42 Å². The fourth-order valence-corrected chi connectivity index (χ4v) is 4.88. The minimum absolute atomic E-state index is 0.115. The van der Waals surface area contributed by atoms with Crippen LogP contribution in [0, 0.1) is 6.92 Å². The van der Waals surface area contributed by atoms with Crippen LogP contribution in [0.5, 0.6) is 5.75 Å². The van der Waals surface area contributed by atoms with Crippen molar-refractivity contribution >= 4 is 21.8 Å². The van der Waals surface area contributed by atoms with Gasteiger partial charge in [-0.3, -0.25) is 9.59 Å². The van der Waals surface area contributed by atoms with E-state index in [9.17, 15) is 18.0 Å². The number of carbonyl (C=O) groups excluding carboxylic acids is 2. The Morgan fingerprint density at radius 1 is 1.09 bits per heavy atom. The summed E-state index contributed by atoms with van der Waals surface area (Å²) in [6.07, 6.45) is -0.365. The number of rotatable bonds is 7. The Bertz CT molecular complexity index is 1060. The Labute approximate surface area is 187 Å². The van der Waals surface area contributed by atoms with Gasteiger partial charge in [-0.05, 0) is 31.5 Å². The molecule has 1 aliphatic rings. The van der Waals surface area contributed by atoms with Crippen LogP contribution in [0.1, 0.15) is 17.5 Å². The lowest BCUT2D eigenvalue weighted by atomic mass is 10.2. The molecule has 1 atom stereocenters. The third-order valence-electron chi connectivity index (χ3n) is 5.06. The van der Waals surface area contributed by atoms with E-state index in [0.717, 1.165) is 11.1 Å². The van der Waals surface area contributed by atoms with Gasteiger partial charge in [0.05, 0.1) is 25.2 Å². The van der Waals surface area contributed by atoms with Gasteiger partial charge >= 0.3 is 11.8 Å². The summed E-state index contributed by atoms with van der Waals surface area (Å²) in [5.41, 5.74) is 1.67. The summed E-state index contributed by atoms with van der Waals surface area (Å²) in [6.45, 7) is 2.46. The number of para-hydroxylation sites is 1. The Kier molecular flexibility index (Phi) is 7.84. The van der Waals surface area contributed by atoms with Crippen molar-refractivity contribution in [3.8, 4) is 5.75 Å². The third-order valence-corrected chi connectivity index (χ3v) is 6.96. The first-order chi connectivity index (χ1) is 15.3. The van der Waals surface area contributed by atoms with E-state index in [4.69, 9.17) is 9.47 Å². The summed E-state index contributed by atoms with van der Waals surface area (Å²) in [4.78, 5) is 24.6. The highest BCUT2D eigenvalue weighted by Gasteiger charge is 2.34. The van der Waals surface area contributed by atoms with Gasteiger partial charge in [-0.2, -0.15) is 4.31 Å². The zero-order chi connectivity index (χ0) is 23.1. The second kappa shape index (κ2) is 10.6. The second-order valence-corrected chi connectivity index (χ2v) is 9.20. The van der Waals surface area contributed by atoms with Gasteiger partial charge < -0.3 is 20.1 Å². The lowest BCUT2D eigenvalue weighted by molar-refractivity contribution is -0.140. The van der Waals surface area contributed by atoms with Gasteiger partial charge in [0.1, 0.15) is 12.0 Å². The number of amides is 2. The maximum absolute atomic E-state index is 13.0. The van der Waals surface area contributed by atoms with Crippen LogP contribution in [0.4, 0.5) is 0 Å². The Morgan fingerprint density at radius 3 is 2.50 bits per heavy atom. The lowest BCUT2D eigenvalue weighted by Gasteiger charge is -2.34. The van der Waals surface area contributed by atoms with Gasteiger partial charge in [0, 0.05) is 18.7 Å². The molecule has 3 rings (SSSR count). The number of benzene rings is 2. The highest BCUT2D eigenvalue weighted by Crippen LogP contribution is 2.22. The summed E-state index contributed by atoms with van der Waals surface area (Å²) in [5, 5.41) is 5.00. The van der Waals surface area contributed by atoms with Crippen LogP contribution in [0.15, 0.2) is 53.4 Å². The largest absolute Gasteiger partial charge is 0.496 e. The Balaban J connectivity index is 1.59. The van der Waals surface area contributed by atoms with Crippen molar-refractivity contribution in [2.75, 3.05) is 26.8 Å². The van der Waals surface area contributed by atoms with Crippen molar-refractivity contribution in [1.29, 1.82) is 0 Å². The number of sulfonamides is 1. The molecule has 9 nitrogen and oxygen atoms in total. The molecule has 1 fully saturated rings. The van der Waals surface area contributed by atoms with Crippen molar-refractivity contribution in [1.82, 2.24) is 14.9 Å². The number of ether oxygens (including phenoxy) is 2. The number of hydrogen-bond acceptors (Lipinski definition) is 6. The van der Waals surface area contributed by atoms with E-state index in [0.29, 0.717) is 18.8 Å². The maximum atomic E-state index is 13.0. The fraction of sp³-hybridized carbons (Fsp3) is 0.364. The van der Waals surface area contributed by atoms with E-state index in [2.05, 4.69) is 10.6 Å². The molecule has 0 unspecified atom stereocenters. The summed E-state index contributed by atoms with van der Waals surface area (Å²) < 4.78 is 38.1. The number of methoxy groups -OCH3 is 1. The molecule has 2 N–H and O–H groups in total. The molecule has 32 heavy (non-hydrogen) atoms. The van der Waals surface area contributed by atoms with Crippen LogP contribution in [-0.2, 0) is 30.9 Å². The third kappa shape index (κ3) is 5.64. The van der Waals surface area contributed by atoms with Crippen LogP contribution < -0.4 is 15.4 Å². The molecule has 1 aliphatic heterocycles. The zero-order valence-corrected chi connectivity index (χ0v) is 18.9. The Hall–Kier alpha value is -2.95. The molecule has 2 aromatic rings. The van der Waals surface area contributed by atoms with E-state index in [1.54, 1.807) is 48.5 Å². The van der Waals surface area contributed by atoms with Crippen LogP contribution in [0.2, 0.25) is 0 Å². The minimum Gasteiger partial charge on any atom is -0.496 e. The van der Waals surface area contributed by atoms with E-state index in [-0.39, 0.29) is 24.5 Å². The Morgan fingerprint density at radius 2 is 1.78 bits per heavy atom.